The first kappa shape index (κ1) is 12.4. The van der Waals surface area contributed by atoms with Gasteiger partial charge in [-0.05, 0) is 24.6 Å². The van der Waals surface area contributed by atoms with Gasteiger partial charge in [-0.3, -0.25) is 4.79 Å². The van der Waals surface area contributed by atoms with Crippen molar-refractivity contribution < 1.29 is 9.21 Å². The molecule has 1 amide bonds. The minimum Gasteiger partial charge on any atom is -0.469 e. The van der Waals surface area contributed by atoms with Crippen molar-refractivity contribution in [3.63, 3.8) is 0 Å². The van der Waals surface area contributed by atoms with Gasteiger partial charge in [-0.2, -0.15) is 0 Å². The monoisotopic (exact) mass is 244 g/mol. The molecule has 0 aliphatic carbocycles. The van der Waals surface area contributed by atoms with E-state index in [1.165, 1.54) is 6.26 Å². The predicted molar refractivity (Wildman–Crippen MR) is 70.5 cm³/mol. The molecule has 0 aliphatic rings. The summed E-state index contributed by atoms with van der Waals surface area (Å²) in [7, 11) is 1.74. The Bertz CT molecular complexity index is 560. The highest BCUT2D eigenvalue weighted by Crippen LogP contribution is 2.21. The highest BCUT2D eigenvalue weighted by atomic mass is 16.3. The van der Waals surface area contributed by atoms with Gasteiger partial charge in [-0.1, -0.05) is 18.2 Å². The van der Waals surface area contributed by atoms with Crippen molar-refractivity contribution in [2.24, 2.45) is 5.73 Å². The number of furan rings is 1. The van der Waals surface area contributed by atoms with Gasteiger partial charge in [0.05, 0.1) is 11.8 Å². The van der Waals surface area contributed by atoms with E-state index in [1.807, 2.05) is 24.3 Å². The first-order valence-electron chi connectivity index (χ1n) is 5.75. The van der Waals surface area contributed by atoms with E-state index >= 15 is 0 Å². The smallest absolute Gasteiger partial charge is 0.261 e. The van der Waals surface area contributed by atoms with E-state index < -0.39 is 0 Å². The minimum atomic E-state index is -0.0952. The van der Waals surface area contributed by atoms with E-state index in [0.717, 1.165) is 11.3 Å². The first-order chi connectivity index (χ1) is 8.65. The van der Waals surface area contributed by atoms with E-state index in [-0.39, 0.29) is 5.91 Å². The summed E-state index contributed by atoms with van der Waals surface area (Å²) in [6.07, 6.45) is 1.52. The van der Waals surface area contributed by atoms with Crippen LogP contribution in [0.4, 0.5) is 5.69 Å². The molecule has 4 heteroatoms. The van der Waals surface area contributed by atoms with Crippen molar-refractivity contribution in [1.82, 2.24) is 0 Å². The van der Waals surface area contributed by atoms with Gasteiger partial charge < -0.3 is 15.1 Å². The molecule has 1 aromatic heterocycles. The quantitative estimate of drug-likeness (QED) is 0.901. The Morgan fingerprint density at radius 1 is 1.33 bits per heavy atom. The third kappa shape index (κ3) is 2.15. The second-order valence-electron chi connectivity index (χ2n) is 4.09. The van der Waals surface area contributed by atoms with Crippen LogP contribution >= 0.6 is 0 Å². The number of carbonyl (C=O) groups excluding carboxylic acids is 1. The molecule has 2 rings (SSSR count). The summed E-state index contributed by atoms with van der Waals surface area (Å²) in [4.78, 5) is 13.9. The third-order valence-electron chi connectivity index (χ3n) is 2.97. The maximum absolute atomic E-state index is 12.3. The van der Waals surface area contributed by atoms with Gasteiger partial charge >= 0.3 is 0 Å². The molecule has 1 aromatic carbocycles. The zero-order valence-corrected chi connectivity index (χ0v) is 10.5. The number of benzene rings is 1. The molecule has 0 saturated carbocycles. The largest absolute Gasteiger partial charge is 0.469 e. The lowest BCUT2D eigenvalue weighted by Crippen LogP contribution is -2.27. The van der Waals surface area contributed by atoms with Crippen LogP contribution in [0.1, 0.15) is 21.7 Å². The number of para-hydroxylation sites is 1. The van der Waals surface area contributed by atoms with Crippen LogP contribution in [0.3, 0.4) is 0 Å². The zero-order valence-electron chi connectivity index (χ0n) is 10.5. The molecule has 0 fully saturated rings. The predicted octanol–water partition coefficient (Wildman–Crippen LogP) is 2.32. The second-order valence-corrected chi connectivity index (χ2v) is 4.09. The topological polar surface area (TPSA) is 59.5 Å². The molecule has 1 heterocycles. The van der Waals surface area contributed by atoms with Crippen molar-refractivity contribution in [1.29, 1.82) is 0 Å². The molecule has 0 saturated heterocycles. The number of aryl methyl sites for hydroxylation is 1. The standard InChI is InChI=1S/C14H16N2O2/c1-10-12(7-8-18-10)14(17)16(2)13-6-4-3-5-11(13)9-15/h3-8H,9,15H2,1-2H3. The maximum Gasteiger partial charge on any atom is 0.261 e. The number of nitrogens with zero attached hydrogens (tertiary/aromatic N) is 1. The molecule has 0 bridgehead atoms. The number of rotatable bonds is 3. The van der Waals surface area contributed by atoms with Crippen molar-refractivity contribution >= 4 is 11.6 Å². The number of amides is 1. The Morgan fingerprint density at radius 3 is 2.67 bits per heavy atom. The highest BCUT2D eigenvalue weighted by molar-refractivity contribution is 6.06. The zero-order chi connectivity index (χ0) is 13.1. The van der Waals surface area contributed by atoms with E-state index in [0.29, 0.717) is 17.9 Å². The van der Waals surface area contributed by atoms with Crippen LogP contribution in [0.2, 0.25) is 0 Å². The Morgan fingerprint density at radius 2 is 2.06 bits per heavy atom. The lowest BCUT2D eigenvalue weighted by molar-refractivity contribution is 0.0991. The average molecular weight is 244 g/mol. The minimum absolute atomic E-state index is 0.0952. The Labute approximate surface area is 106 Å². The molecule has 0 radical (unpaired) electrons. The molecule has 0 aliphatic heterocycles. The maximum atomic E-state index is 12.3. The van der Waals surface area contributed by atoms with Gasteiger partial charge in [0.25, 0.3) is 5.91 Å². The summed E-state index contributed by atoms with van der Waals surface area (Å²) in [5.41, 5.74) is 8.02. The summed E-state index contributed by atoms with van der Waals surface area (Å²) in [5.74, 6) is 0.527. The van der Waals surface area contributed by atoms with Crippen LogP contribution < -0.4 is 10.6 Å². The number of anilines is 1. The van der Waals surface area contributed by atoms with Crippen molar-refractivity contribution in [2.75, 3.05) is 11.9 Å². The molecular weight excluding hydrogens is 228 g/mol. The van der Waals surface area contributed by atoms with Crippen LogP contribution in [0, 0.1) is 6.92 Å². The van der Waals surface area contributed by atoms with Crippen LogP contribution in [0.15, 0.2) is 41.0 Å². The number of nitrogens with two attached hydrogens (primary N) is 1. The van der Waals surface area contributed by atoms with Crippen LogP contribution in [-0.4, -0.2) is 13.0 Å². The Balaban J connectivity index is 2.34. The normalized spacial score (nSPS) is 10.4. The number of hydrogen-bond acceptors (Lipinski definition) is 3. The van der Waals surface area contributed by atoms with Crippen LogP contribution in [0.25, 0.3) is 0 Å². The van der Waals surface area contributed by atoms with E-state index in [2.05, 4.69) is 0 Å². The molecule has 4 nitrogen and oxygen atoms in total. The van der Waals surface area contributed by atoms with E-state index in [4.69, 9.17) is 10.2 Å². The lowest BCUT2D eigenvalue weighted by atomic mass is 10.1. The Kier molecular flexibility index (Phi) is 3.48. The van der Waals surface area contributed by atoms with Crippen molar-refractivity contribution in [3.8, 4) is 0 Å². The van der Waals surface area contributed by atoms with Gasteiger partial charge in [0, 0.05) is 19.3 Å². The van der Waals surface area contributed by atoms with Gasteiger partial charge in [0.15, 0.2) is 0 Å². The number of hydrogen-bond donors (Lipinski definition) is 1. The fraction of sp³-hybridized carbons (Fsp3) is 0.214. The molecule has 94 valence electrons. The summed E-state index contributed by atoms with van der Waals surface area (Å²) < 4.78 is 5.16. The van der Waals surface area contributed by atoms with Crippen molar-refractivity contribution in [2.45, 2.75) is 13.5 Å². The molecule has 2 aromatic rings. The van der Waals surface area contributed by atoms with Gasteiger partial charge in [0.2, 0.25) is 0 Å². The summed E-state index contributed by atoms with van der Waals surface area (Å²) in [6.45, 7) is 2.17. The molecule has 18 heavy (non-hydrogen) atoms. The van der Waals surface area contributed by atoms with Gasteiger partial charge in [0.1, 0.15) is 5.76 Å². The fourth-order valence-corrected chi connectivity index (χ4v) is 1.91. The fourth-order valence-electron chi connectivity index (χ4n) is 1.91. The number of carbonyl (C=O) groups is 1. The van der Waals surface area contributed by atoms with Crippen molar-refractivity contribution in [3.05, 3.63) is 53.5 Å². The van der Waals surface area contributed by atoms with Gasteiger partial charge in [-0.15, -0.1) is 0 Å². The Hall–Kier alpha value is -2.07. The molecule has 0 atom stereocenters. The van der Waals surface area contributed by atoms with Crippen LogP contribution in [-0.2, 0) is 6.54 Å². The lowest BCUT2D eigenvalue weighted by Gasteiger charge is -2.19. The highest BCUT2D eigenvalue weighted by Gasteiger charge is 2.18. The summed E-state index contributed by atoms with van der Waals surface area (Å²) in [5, 5.41) is 0. The summed E-state index contributed by atoms with van der Waals surface area (Å²) in [6, 6.07) is 9.28. The molecular formula is C14H16N2O2. The van der Waals surface area contributed by atoms with Gasteiger partial charge in [-0.25, -0.2) is 0 Å². The van der Waals surface area contributed by atoms with Crippen LogP contribution in [0.5, 0.6) is 0 Å². The third-order valence-corrected chi connectivity index (χ3v) is 2.97. The average Bonchev–Trinajstić information content (AvgIpc) is 2.83. The molecule has 0 spiro atoms. The van der Waals surface area contributed by atoms with E-state index in [9.17, 15) is 4.79 Å². The molecule has 2 N–H and O–H groups in total. The molecule has 0 unspecified atom stereocenters. The van der Waals surface area contributed by atoms with E-state index in [1.54, 1.807) is 24.9 Å². The summed E-state index contributed by atoms with van der Waals surface area (Å²) >= 11 is 0. The first-order valence-corrected chi connectivity index (χ1v) is 5.75. The second kappa shape index (κ2) is 5.06. The SMILES string of the molecule is Cc1occc1C(=O)N(C)c1ccccc1CN.